The van der Waals surface area contributed by atoms with Crippen LogP contribution < -0.4 is 5.32 Å². The van der Waals surface area contributed by atoms with Gasteiger partial charge in [-0.25, -0.2) is 0 Å². The molecule has 0 aliphatic carbocycles. The first-order valence-electron chi connectivity index (χ1n) is 9.77. The highest BCUT2D eigenvalue weighted by molar-refractivity contribution is 5.86. The maximum absolute atomic E-state index is 12.9. The topological polar surface area (TPSA) is 81.2 Å². The number of rotatable bonds is 8. The summed E-state index contributed by atoms with van der Waals surface area (Å²) >= 11 is 0. The minimum atomic E-state index is -1.31. The van der Waals surface area contributed by atoms with Crippen LogP contribution in [0.15, 0.2) is 36.7 Å². The van der Waals surface area contributed by atoms with Gasteiger partial charge in [-0.1, -0.05) is 38.1 Å². The van der Waals surface area contributed by atoms with Gasteiger partial charge in [-0.15, -0.1) is 0 Å². The normalized spacial score (nSPS) is 20.4. The van der Waals surface area contributed by atoms with E-state index in [1.807, 2.05) is 6.20 Å². The number of amides is 1. The highest BCUT2D eigenvalue weighted by Gasteiger charge is 2.41. The lowest BCUT2D eigenvalue weighted by Crippen LogP contribution is -2.57. The maximum atomic E-state index is 12.9. The molecule has 0 radical (unpaired) electrons. The van der Waals surface area contributed by atoms with Crippen LogP contribution in [0.4, 0.5) is 0 Å². The molecule has 1 aliphatic heterocycles. The number of aliphatic hydroxyl groups is 1. The quantitative estimate of drug-likeness (QED) is 0.623. The number of carbonyl (C=O) groups is 1. The fourth-order valence-corrected chi connectivity index (χ4v) is 3.55. The van der Waals surface area contributed by atoms with E-state index in [2.05, 4.69) is 53.6 Å². The summed E-state index contributed by atoms with van der Waals surface area (Å²) in [5.74, 6) is 0.325. The molecule has 6 nitrogen and oxygen atoms in total. The summed E-state index contributed by atoms with van der Waals surface area (Å²) < 4.78 is 0. The number of carbonyl (C=O) groups excluding carboxylic acids is 1. The average Bonchev–Trinajstić information content (AvgIpc) is 3.17. The van der Waals surface area contributed by atoms with Crippen molar-refractivity contribution in [2.75, 3.05) is 19.6 Å². The lowest BCUT2D eigenvalue weighted by molar-refractivity contribution is -0.157. The van der Waals surface area contributed by atoms with E-state index in [4.69, 9.17) is 0 Å². The molecular weight excluding hydrogens is 340 g/mol. The van der Waals surface area contributed by atoms with Crippen molar-refractivity contribution in [1.29, 1.82) is 0 Å². The van der Waals surface area contributed by atoms with Gasteiger partial charge in [0.05, 0.1) is 6.20 Å². The van der Waals surface area contributed by atoms with Gasteiger partial charge in [-0.2, -0.15) is 5.10 Å². The number of hydrogen-bond acceptors (Lipinski definition) is 4. The molecule has 146 valence electrons. The predicted molar refractivity (Wildman–Crippen MR) is 105 cm³/mol. The van der Waals surface area contributed by atoms with Crippen LogP contribution in [0, 0.1) is 0 Å². The maximum Gasteiger partial charge on any atom is 0.256 e. The van der Waals surface area contributed by atoms with Crippen molar-refractivity contribution >= 4 is 5.91 Å². The van der Waals surface area contributed by atoms with Crippen LogP contribution in [0.25, 0.3) is 0 Å². The third kappa shape index (κ3) is 4.96. The summed E-state index contributed by atoms with van der Waals surface area (Å²) in [4.78, 5) is 14.7. The molecule has 3 rings (SSSR count). The molecule has 0 bridgehead atoms. The number of piperidine rings is 1. The van der Waals surface area contributed by atoms with E-state index < -0.39 is 5.60 Å². The van der Waals surface area contributed by atoms with E-state index in [0.29, 0.717) is 32.0 Å². The van der Waals surface area contributed by atoms with Gasteiger partial charge >= 0.3 is 0 Å². The Morgan fingerprint density at radius 3 is 2.74 bits per heavy atom. The number of nitrogens with one attached hydrogen (secondary N) is 2. The molecule has 1 aromatic heterocycles. The van der Waals surface area contributed by atoms with Crippen molar-refractivity contribution in [2.24, 2.45) is 0 Å². The Kier molecular flexibility index (Phi) is 6.29. The third-order valence-corrected chi connectivity index (χ3v) is 5.29. The lowest BCUT2D eigenvalue weighted by Gasteiger charge is -2.38. The molecule has 1 aromatic carbocycles. The van der Waals surface area contributed by atoms with Gasteiger partial charge in [0.15, 0.2) is 5.60 Å². The molecular formula is C21H30N4O2. The van der Waals surface area contributed by atoms with Crippen LogP contribution in [-0.2, 0) is 17.8 Å². The van der Waals surface area contributed by atoms with Crippen LogP contribution in [0.2, 0.25) is 0 Å². The van der Waals surface area contributed by atoms with E-state index >= 15 is 0 Å². The van der Waals surface area contributed by atoms with Crippen LogP contribution >= 0.6 is 0 Å². The first-order chi connectivity index (χ1) is 13.0. The number of benzene rings is 1. The SMILES string of the molecule is CC(C)c1ccc(CN2CCC[C@@](O)(CNCCc3cn[nH]c3)C2=O)cc1. The summed E-state index contributed by atoms with van der Waals surface area (Å²) in [6.07, 6.45) is 5.78. The number of nitrogens with zero attached hydrogens (tertiary/aromatic N) is 2. The molecule has 0 unspecified atom stereocenters. The minimum Gasteiger partial charge on any atom is -0.379 e. The summed E-state index contributed by atoms with van der Waals surface area (Å²) in [6, 6.07) is 8.41. The number of hydrogen-bond donors (Lipinski definition) is 3. The van der Waals surface area contributed by atoms with Gasteiger partial charge in [0, 0.05) is 25.8 Å². The Morgan fingerprint density at radius 2 is 2.07 bits per heavy atom. The second kappa shape index (κ2) is 8.67. The molecule has 0 saturated carbocycles. The first-order valence-corrected chi connectivity index (χ1v) is 9.77. The van der Waals surface area contributed by atoms with Gasteiger partial charge < -0.3 is 15.3 Å². The molecule has 1 aliphatic rings. The summed E-state index contributed by atoms with van der Waals surface area (Å²) in [5.41, 5.74) is 2.19. The zero-order valence-corrected chi connectivity index (χ0v) is 16.2. The predicted octanol–water partition coefficient (Wildman–Crippen LogP) is 2.22. The Hall–Kier alpha value is -2.18. The lowest BCUT2D eigenvalue weighted by atomic mass is 9.91. The highest BCUT2D eigenvalue weighted by atomic mass is 16.3. The van der Waals surface area contributed by atoms with Crippen molar-refractivity contribution in [1.82, 2.24) is 20.4 Å². The number of likely N-dealkylation sites (tertiary alicyclic amines) is 1. The summed E-state index contributed by atoms with van der Waals surface area (Å²) in [7, 11) is 0. The van der Waals surface area contributed by atoms with Crippen molar-refractivity contribution in [3.63, 3.8) is 0 Å². The molecule has 3 N–H and O–H groups in total. The molecule has 1 fully saturated rings. The Morgan fingerprint density at radius 1 is 1.30 bits per heavy atom. The minimum absolute atomic E-state index is 0.169. The van der Waals surface area contributed by atoms with Crippen molar-refractivity contribution < 1.29 is 9.90 Å². The standard InChI is InChI=1S/C21H30N4O2/c1-16(2)19-6-4-17(5-7-19)14-25-11-3-9-21(27,20(25)26)15-22-10-8-18-12-23-24-13-18/h4-7,12-13,16,22,27H,3,8-11,14-15H2,1-2H3,(H,23,24)/t21-/m1/s1. The van der Waals surface area contributed by atoms with Gasteiger partial charge in [-0.3, -0.25) is 9.89 Å². The van der Waals surface area contributed by atoms with E-state index in [0.717, 1.165) is 24.0 Å². The second-order valence-corrected chi connectivity index (χ2v) is 7.79. The zero-order chi connectivity index (χ0) is 19.3. The van der Waals surface area contributed by atoms with Crippen molar-refractivity contribution in [2.45, 2.75) is 51.2 Å². The molecule has 2 aromatic rings. The Balaban J connectivity index is 1.53. The largest absolute Gasteiger partial charge is 0.379 e. The Bertz CT molecular complexity index is 727. The fraction of sp³-hybridized carbons (Fsp3) is 0.524. The van der Waals surface area contributed by atoms with Crippen LogP contribution in [0.1, 0.15) is 49.3 Å². The number of aromatic nitrogens is 2. The molecule has 27 heavy (non-hydrogen) atoms. The molecule has 0 spiro atoms. The van der Waals surface area contributed by atoms with Crippen molar-refractivity contribution in [3.05, 3.63) is 53.3 Å². The smallest absolute Gasteiger partial charge is 0.256 e. The third-order valence-electron chi connectivity index (χ3n) is 5.29. The number of H-pyrrole nitrogens is 1. The van der Waals surface area contributed by atoms with Gasteiger partial charge in [-0.05, 0) is 48.4 Å². The molecule has 1 atom stereocenters. The van der Waals surface area contributed by atoms with Crippen LogP contribution in [0.3, 0.4) is 0 Å². The zero-order valence-electron chi connectivity index (χ0n) is 16.2. The summed E-state index contributed by atoms with van der Waals surface area (Å²) in [6.45, 7) is 6.57. The first kappa shape index (κ1) is 19.6. The van der Waals surface area contributed by atoms with Crippen LogP contribution in [-0.4, -0.2) is 51.3 Å². The highest BCUT2D eigenvalue weighted by Crippen LogP contribution is 2.24. The van der Waals surface area contributed by atoms with E-state index in [1.54, 1.807) is 11.1 Å². The number of aromatic amines is 1. The van der Waals surface area contributed by atoms with Gasteiger partial charge in [0.1, 0.15) is 0 Å². The Labute approximate surface area is 161 Å². The molecule has 2 heterocycles. The van der Waals surface area contributed by atoms with Gasteiger partial charge in [0.2, 0.25) is 0 Å². The monoisotopic (exact) mass is 370 g/mol. The molecule has 6 heteroatoms. The van der Waals surface area contributed by atoms with E-state index in [9.17, 15) is 9.90 Å². The van der Waals surface area contributed by atoms with E-state index in [-0.39, 0.29) is 12.5 Å². The van der Waals surface area contributed by atoms with E-state index in [1.165, 1.54) is 5.56 Å². The average molecular weight is 370 g/mol. The van der Waals surface area contributed by atoms with Crippen molar-refractivity contribution in [3.8, 4) is 0 Å². The fourth-order valence-electron chi connectivity index (χ4n) is 3.55. The molecule has 1 amide bonds. The second-order valence-electron chi connectivity index (χ2n) is 7.79. The molecule has 1 saturated heterocycles. The van der Waals surface area contributed by atoms with Crippen LogP contribution in [0.5, 0.6) is 0 Å². The summed E-state index contributed by atoms with van der Waals surface area (Å²) in [5, 5.41) is 20.8. The van der Waals surface area contributed by atoms with Gasteiger partial charge in [0.25, 0.3) is 5.91 Å².